The van der Waals surface area contributed by atoms with Crippen LogP contribution in [0.25, 0.3) is 16.7 Å². The number of rotatable bonds is 4. The van der Waals surface area contributed by atoms with Crippen LogP contribution in [0.3, 0.4) is 0 Å². The molecular formula is C22H27N7O. The van der Waals surface area contributed by atoms with Crippen LogP contribution in [-0.2, 0) is 0 Å². The van der Waals surface area contributed by atoms with E-state index in [0.717, 1.165) is 60.0 Å². The summed E-state index contributed by atoms with van der Waals surface area (Å²) in [6.07, 6.45) is 2.29. The molecule has 3 heterocycles. The van der Waals surface area contributed by atoms with E-state index in [1.54, 1.807) is 0 Å². The number of amides is 2. The Morgan fingerprint density at radius 2 is 1.83 bits per heavy atom. The van der Waals surface area contributed by atoms with Crippen LogP contribution in [0.4, 0.5) is 10.6 Å². The average molecular weight is 406 g/mol. The number of hydrogen-bond acceptors (Lipinski definition) is 5. The molecule has 1 aliphatic carbocycles. The zero-order valence-electron chi connectivity index (χ0n) is 17.5. The molecule has 0 bridgehead atoms. The molecule has 1 aromatic carbocycles. The lowest BCUT2D eigenvalue weighted by Gasteiger charge is -2.35. The second-order valence-corrected chi connectivity index (χ2v) is 8.02. The van der Waals surface area contributed by atoms with Gasteiger partial charge < -0.3 is 15.1 Å². The van der Waals surface area contributed by atoms with Crippen LogP contribution >= 0.6 is 0 Å². The maximum absolute atomic E-state index is 12.2. The van der Waals surface area contributed by atoms with Crippen molar-refractivity contribution in [3.8, 4) is 5.69 Å². The highest BCUT2D eigenvalue weighted by atomic mass is 16.2. The molecule has 1 saturated carbocycles. The van der Waals surface area contributed by atoms with Crippen LogP contribution in [0.1, 0.15) is 37.2 Å². The molecule has 5 rings (SSSR count). The van der Waals surface area contributed by atoms with Gasteiger partial charge in [-0.15, -0.1) is 0 Å². The summed E-state index contributed by atoms with van der Waals surface area (Å²) in [6.45, 7) is 7.49. The molecule has 2 aliphatic rings. The van der Waals surface area contributed by atoms with Crippen molar-refractivity contribution in [2.75, 3.05) is 37.6 Å². The number of anilines is 1. The monoisotopic (exact) mass is 405 g/mol. The lowest BCUT2D eigenvalue weighted by Crippen LogP contribution is -2.52. The summed E-state index contributed by atoms with van der Waals surface area (Å²) in [4.78, 5) is 26.3. The van der Waals surface area contributed by atoms with Gasteiger partial charge in [-0.2, -0.15) is 5.10 Å². The Labute approximate surface area is 175 Å². The summed E-state index contributed by atoms with van der Waals surface area (Å²) < 4.78 is 1.94. The molecule has 1 saturated heterocycles. The van der Waals surface area contributed by atoms with E-state index >= 15 is 0 Å². The highest BCUT2D eigenvalue weighted by molar-refractivity contribution is 5.91. The molecule has 0 radical (unpaired) electrons. The van der Waals surface area contributed by atoms with Gasteiger partial charge in [0.1, 0.15) is 11.6 Å². The van der Waals surface area contributed by atoms with Gasteiger partial charge in [0.2, 0.25) is 0 Å². The van der Waals surface area contributed by atoms with Gasteiger partial charge in [0, 0.05) is 38.6 Å². The molecule has 0 unspecified atom stereocenters. The fourth-order valence-corrected chi connectivity index (χ4v) is 4.06. The first-order valence-corrected chi connectivity index (χ1v) is 10.8. The number of hydrogen-bond donors (Lipinski definition) is 1. The number of urea groups is 1. The van der Waals surface area contributed by atoms with Gasteiger partial charge in [0.15, 0.2) is 5.65 Å². The van der Waals surface area contributed by atoms with Crippen LogP contribution in [0.2, 0.25) is 0 Å². The third-order valence-corrected chi connectivity index (χ3v) is 5.84. The van der Waals surface area contributed by atoms with Crippen molar-refractivity contribution in [1.29, 1.82) is 0 Å². The SMILES string of the molecule is CCNC(=O)N1CCN(c2nc(C3CC3)nc3c2c(C)nn3-c2ccccc2)CC1. The quantitative estimate of drug-likeness (QED) is 0.722. The third kappa shape index (κ3) is 3.36. The topological polar surface area (TPSA) is 79.2 Å². The van der Waals surface area contributed by atoms with Crippen LogP contribution in [0.15, 0.2) is 30.3 Å². The van der Waals surface area contributed by atoms with Gasteiger partial charge in [-0.3, -0.25) is 0 Å². The van der Waals surface area contributed by atoms with Crippen molar-refractivity contribution in [3.63, 3.8) is 0 Å². The molecule has 30 heavy (non-hydrogen) atoms. The van der Waals surface area contributed by atoms with Gasteiger partial charge in [-0.1, -0.05) is 18.2 Å². The second-order valence-electron chi connectivity index (χ2n) is 8.02. The zero-order valence-corrected chi connectivity index (χ0v) is 17.5. The smallest absolute Gasteiger partial charge is 0.317 e. The van der Waals surface area contributed by atoms with E-state index < -0.39 is 0 Å². The molecule has 8 heteroatoms. The lowest BCUT2D eigenvalue weighted by atomic mass is 10.2. The molecule has 3 aromatic rings. The maximum atomic E-state index is 12.2. The van der Waals surface area contributed by atoms with Gasteiger partial charge >= 0.3 is 6.03 Å². The van der Waals surface area contributed by atoms with E-state index in [9.17, 15) is 4.79 Å². The number of para-hydroxylation sites is 1. The molecule has 156 valence electrons. The molecule has 1 N–H and O–H groups in total. The fraction of sp³-hybridized carbons (Fsp3) is 0.455. The van der Waals surface area contributed by atoms with Crippen molar-refractivity contribution in [2.45, 2.75) is 32.6 Å². The van der Waals surface area contributed by atoms with E-state index in [-0.39, 0.29) is 6.03 Å². The standard InChI is InChI=1S/C22H27N7O/c1-3-23-22(30)28-13-11-27(12-14-28)20-18-15(2)26-29(17-7-5-4-6-8-17)21(18)25-19(24-20)16-9-10-16/h4-8,16H,3,9-14H2,1-2H3,(H,23,30). The van der Waals surface area contributed by atoms with Crippen LogP contribution < -0.4 is 10.2 Å². The predicted octanol–water partition coefficient (Wildman–Crippen LogP) is 2.85. The van der Waals surface area contributed by atoms with Gasteiger partial charge in [0.25, 0.3) is 0 Å². The fourth-order valence-electron chi connectivity index (χ4n) is 4.06. The van der Waals surface area contributed by atoms with Gasteiger partial charge in [-0.05, 0) is 38.8 Å². The van der Waals surface area contributed by atoms with Crippen LogP contribution in [-0.4, -0.2) is 63.4 Å². The third-order valence-electron chi connectivity index (χ3n) is 5.84. The van der Waals surface area contributed by atoms with Crippen molar-refractivity contribution in [3.05, 3.63) is 41.9 Å². The summed E-state index contributed by atoms with van der Waals surface area (Å²) >= 11 is 0. The first kappa shape index (κ1) is 18.8. The number of aryl methyl sites for hydroxylation is 1. The number of carbonyl (C=O) groups is 1. The van der Waals surface area contributed by atoms with E-state index in [1.165, 1.54) is 0 Å². The lowest BCUT2D eigenvalue weighted by molar-refractivity contribution is 0.195. The largest absolute Gasteiger partial charge is 0.352 e. The Morgan fingerprint density at radius 1 is 1.10 bits per heavy atom. The van der Waals surface area contributed by atoms with Crippen molar-refractivity contribution < 1.29 is 4.79 Å². The number of fused-ring (bicyclic) bond motifs is 1. The molecule has 1 aliphatic heterocycles. The Kier molecular flexibility index (Phi) is 4.77. The number of carbonyl (C=O) groups excluding carboxylic acids is 1. The minimum absolute atomic E-state index is 0.0109. The Morgan fingerprint density at radius 3 is 2.50 bits per heavy atom. The maximum Gasteiger partial charge on any atom is 0.317 e. The first-order valence-electron chi connectivity index (χ1n) is 10.8. The molecule has 8 nitrogen and oxygen atoms in total. The van der Waals surface area contributed by atoms with Gasteiger partial charge in [-0.25, -0.2) is 19.4 Å². The number of nitrogens with zero attached hydrogens (tertiary/aromatic N) is 6. The number of benzene rings is 1. The average Bonchev–Trinajstić information content (AvgIpc) is 3.58. The molecule has 0 spiro atoms. The van der Waals surface area contributed by atoms with E-state index in [4.69, 9.17) is 15.1 Å². The molecule has 2 aromatic heterocycles. The zero-order chi connectivity index (χ0) is 20.7. The van der Waals surface area contributed by atoms with E-state index in [2.05, 4.69) is 22.3 Å². The number of piperazine rings is 1. The predicted molar refractivity (Wildman–Crippen MR) is 116 cm³/mol. The summed E-state index contributed by atoms with van der Waals surface area (Å²) in [5.41, 5.74) is 2.80. The van der Waals surface area contributed by atoms with Crippen molar-refractivity contribution in [2.24, 2.45) is 0 Å². The minimum atomic E-state index is 0.0109. The Balaban J connectivity index is 1.54. The Bertz CT molecular complexity index is 1070. The number of aromatic nitrogens is 4. The normalized spacial score (nSPS) is 16.9. The summed E-state index contributed by atoms with van der Waals surface area (Å²) in [6, 6.07) is 10.2. The highest BCUT2D eigenvalue weighted by Crippen LogP contribution is 2.40. The van der Waals surface area contributed by atoms with Crippen LogP contribution in [0, 0.1) is 6.92 Å². The molecule has 2 amide bonds. The summed E-state index contributed by atoms with van der Waals surface area (Å²) in [5.74, 6) is 2.32. The Hall–Kier alpha value is -3.16. The first-order chi connectivity index (χ1) is 14.7. The van der Waals surface area contributed by atoms with Crippen molar-refractivity contribution >= 4 is 22.9 Å². The second kappa shape index (κ2) is 7.59. The summed E-state index contributed by atoms with van der Waals surface area (Å²) in [7, 11) is 0. The molecular weight excluding hydrogens is 378 g/mol. The van der Waals surface area contributed by atoms with Crippen molar-refractivity contribution in [1.82, 2.24) is 30.0 Å². The van der Waals surface area contributed by atoms with Gasteiger partial charge in [0.05, 0.1) is 16.8 Å². The van der Waals surface area contributed by atoms with Crippen LogP contribution in [0.5, 0.6) is 0 Å². The molecule has 0 atom stereocenters. The molecule has 2 fully saturated rings. The van der Waals surface area contributed by atoms with E-state index in [1.807, 2.05) is 41.6 Å². The minimum Gasteiger partial charge on any atom is -0.352 e. The highest BCUT2D eigenvalue weighted by Gasteiger charge is 2.31. The number of nitrogens with one attached hydrogen (secondary N) is 1. The van der Waals surface area contributed by atoms with E-state index in [0.29, 0.717) is 25.6 Å². The summed E-state index contributed by atoms with van der Waals surface area (Å²) in [5, 5.41) is 8.72.